The summed E-state index contributed by atoms with van der Waals surface area (Å²) in [7, 11) is 1.62. The summed E-state index contributed by atoms with van der Waals surface area (Å²) in [5.41, 5.74) is 7.28. The van der Waals surface area contributed by atoms with Crippen molar-refractivity contribution in [3.63, 3.8) is 0 Å². The average Bonchev–Trinajstić information content (AvgIpc) is 2.55. The highest BCUT2D eigenvalue weighted by Gasteiger charge is 2.39. The van der Waals surface area contributed by atoms with Crippen LogP contribution < -0.4 is 14.8 Å². The summed E-state index contributed by atoms with van der Waals surface area (Å²) in [6, 6.07) is 6.68. The Hall–Kier alpha value is -2.20. The normalized spacial score (nSPS) is 20.1. The van der Waals surface area contributed by atoms with Crippen molar-refractivity contribution in [1.29, 1.82) is 0 Å². The van der Waals surface area contributed by atoms with E-state index in [1.165, 1.54) is 22.3 Å². The fraction of sp³-hybridized carbons (Fsp3) is 0.333. The molecule has 0 bridgehead atoms. The van der Waals surface area contributed by atoms with Crippen molar-refractivity contribution in [2.45, 2.75) is 25.5 Å². The molecule has 22 heavy (non-hydrogen) atoms. The minimum absolute atomic E-state index is 0.152. The molecule has 2 heterocycles. The molecule has 0 fully saturated rings. The van der Waals surface area contributed by atoms with Gasteiger partial charge in [0.1, 0.15) is 6.61 Å². The molecule has 2 aromatic rings. The number of methoxy groups -OCH3 is 1. The van der Waals surface area contributed by atoms with Gasteiger partial charge < -0.3 is 19.9 Å². The molecule has 0 saturated carbocycles. The molecule has 1 atom stereocenters. The monoisotopic (exact) mass is 295 g/mol. The molecular formula is C18H17NO3. The second kappa shape index (κ2) is 4.17. The summed E-state index contributed by atoms with van der Waals surface area (Å²) in [4.78, 5) is 0. The van der Waals surface area contributed by atoms with Crippen LogP contribution in [0, 0.1) is 0 Å². The Kier molecular flexibility index (Phi) is 2.34. The van der Waals surface area contributed by atoms with Gasteiger partial charge >= 0.3 is 0 Å². The third-order valence-corrected chi connectivity index (χ3v) is 5.13. The lowest BCUT2D eigenvalue weighted by molar-refractivity contribution is 0.273. The molecule has 4 heteroatoms. The van der Waals surface area contributed by atoms with Crippen LogP contribution in [-0.4, -0.2) is 18.8 Å². The molecule has 5 rings (SSSR count). The van der Waals surface area contributed by atoms with Crippen LogP contribution >= 0.6 is 0 Å². The molecule has 0 radical (unpaired) electrons. The number of benzene rings is 2. The largest absolute Gasteiger partial charge is 0.502 e. The van der Waals surface area contributed by atoms with Gasteiger partial charge in [0.15, 0.2) is 11.5 Å². The van der Waals surface area contributed by atoms with Gasteiger partial charge in [-0.2, -0.15) is 0 Å². The lowest BCUT2D eigenvalue weighted by Crippen LogP contribution is -2.35. The van der Waals surface area contributed by atoms with E-state index >= 15 is 0 Å². The van der Waals surface area contributed by atoms with Crippen molar-refractivity contribution in [2.75, 3.05) is 13.7 Å². The summed E-state index contributed by atoms with van der Waals surface area (Å²) >= 11 is 0. The van der Waals surface area contributed by atoms with E-state index in [1.54, 1.807) is 7.11 Å². The summed E-state index contributed by atoms with van der Waals surface area (Å²) < 4.78 is 11.4. The molecule has 0 saturated heterocycles. The summed E-state index contributed by atoms with van der Waals surface area (Å²) in [6.07, 6.45) is 1.85. The third kappa shape index (κ3) is 1.36. The quantitative estimate of drug-likeness (QED) is 0.849. The van der Waals surface area contributed by atoms with Crippen molar-refractivity contribution in [3.8, 4) is 28.4 Å². The van der Waals surface area contributed by atoms with Gasteiger partial charge in [-0.15, -0.1) is 0 Å². The maximum atomic E-state index is 10.7. The zero-order chi connectivity index (χ0) is 14.8. The fourth-order valence-electron chi connectivity index (χ4n) is 4.28. The Morgan fingerprint density at radius 1 is 1.27 bits per heavy atom. The van der Waals surface area contributed by atoms with Crippen LogP contribution in [0.2, 0.25) is 0 Å². The van der Waals surface area contributed by atoms with Gasteiger partial charge in [0.25, 0.3) is 0 Å². The Balaban J connectivity index is 1.95. The predicted octanol–water partition coefficient (Wildman–Crippen LogP) is 2.70. The maximum absolute atomic E-state index is 10.7. The van der Waals surface area contributed by atoms with E-state index in [2.05, 4.69) is 23.5 Å². The van der Waals surface area contributed by atoms with Crippen molar-refractivity contribution < 1.29 is 14.6 Å². The lowest BCUT2D eigenvalue weighted by Gasteiger charge is -2.38. The number of rotatable bonds is 1. The van der Waals surface area contributed by atoms with Crippen LogP contribution in [0.4, 0.5) is 0 Å². The first-order valence-corrected chi connectivity index (χ1v) is 7.72. The first-order chi connectivity index (χ1) is 10.8. The summed E-state index contributed by atoms with van der Waals surface area (Å²) in [5, 5.41) is 14.3. The molecular weight excluding hydrogens is 278 g/mol. The van der Waals surface area contributed by atoms with Crippen LogP contribution in [0.3, 0.4) is 0 Å². The smallest absolute Gasteiger partial charge is 0.201 e. The van der Waals surface area contributed by atoms with E-state index in [1.807, 2.05) is 0 Å². The van der Waals surface area contributed by atoms with E-state index in [4.69, 9.17) is 9.47 Å². The molecule has 4 nitrogen and oxygen atoms in total. The maximum Gasteiger partial charge on any atom is 0.201 e. The van der Waals surface area contributed by atoms with Crippen molar-refractivity contribution in [3.05, 3.63) is 40.5 Å². The molecule has 1 aliphatic carbocycles. The first-order valence-electron chi connectivity index (χ1n) is 7.72. The summed E-state index contributed by atoms with van der Waals surface area (Å²) in [5.74, 6) is 1.33. The number of phenols is 1. The Morgan fingerprint density at radius 3 is 3.00 bits per heavy atom. The molecule has 2 aromatic carbocycles. The van der Waals surface area contributed by atoms with Crippen LogP contribution in [-0.2, 0) is 19.4 Å². The van der Waals surface area contributed by atoms with E-state index in [-0.39, 0.29) is 11.8 Å². The van der Waals surface area contributed by atoms with Gasteiger partial charge in [-0.1, -0.05) is 18.2 Å². The van der Waals surface area contributed by atoms with Crippen molar-refractivity contribution >= 4 is 0 Å². The molecule has 0 aromatic heterocycles. The Labute approximate surface area is 128 Å². The van der Waals surface area contributed by atoms with Gasteiger partial charge in [-0.05, 0) is 41.6 Å². The minimum Gasteiger partial charge on any atom is -0.502 e. The SMILES string of the molecule is COc1c(O)c2c3c4c1CCN[C@@H]4Cc1cccc(c1-3)CO2. The topological polar surface area (TPSA) is 50.7 Å². The third-order valence-electron chi connectivity index (χ3n) is 5.13. The van der Waals surface area contributed by atoms with E-state index in [0.717, 1.165) is 30.5 Å². The second-order valence-corrected chi connectivity index (χ2v) is 6.18. The molecule has 0 unspecified atom stereocenters. The van der Waals surface area contributed by atoms with E-state index < -0.39 is 0 Å². The van der Waals surface area contributed by atoms with Gasteiger partial charge in [-0.3, -0.25) is 0 Å². The van der Waals surface area contributed by atoms with Gasteiger partial charge in [-0.25, -0.2) is 0 Å². The number of hydrogen-bond acceptors (Lipinski definition) is 4. The molecule has 0 amide bonds. The average molecular weight is 295 g/mol. The highest BCUT2D eigenvalue weighted by molar-refractivity contribution is 5.88. The van der Waals surface area contributed by atoms with Crippen LogP contribution in [0.15, 0.2) is 18.2 Å². The van der Waals surface area contributed by atoms with Gasteiger partial charge in [0.05, 0.1) is 7.11 Å². The zero-order valence-corrected chi connectivity index (χ0v) is 12.4. The van der Waals surface area contributed by atoms with E-state index in [0.29, 0.717) is 18.1 Å². The predicted molar refractivity (Wildman–Crippen MR) is 82.6 cm³/mol. The molecule has 2 N–H and O–H groups in total. The number of hydrogen-bond donors (Lipinski definition) is 2. The summed E-state index contributed by atoms with van der Waals surface area (Å²) in [6.45, 7) is 1.41. The van der Waals surface area contributed by atoms with E-state index in [9.17, 15) is 5.11 Å². The molecule has 0 spiro atoms. The second-order valence-electron chi connectivity index (χ2n) is 6.18. The number of aromatic hydroxyl groups is 1. The molecule has 112 valence electrons. The first kappa shape index (κ1) is 12.4. The number of ether oxygens (including phenoxy) is 2. The number of phenolic OH excluding ortho intramolecular Hbond substituents is 1. The number of nitrogens with one attached hydrogen (secondary N) is 1. The standard InChI is InChI=1S/C18H17NO3/c1-21-17-11-5-6-19-12-7-9-3-2-4-10-8-22-18(16(17)20)15(13(9)10)14(11)12/h2-4,12,19-20H,5-8H2,1H3/t12-/m1/s1. The molecule has 2 aliphatic heterocycles. The zero-order valence-electron chi connectivity index (χ0n) is 12.4. The van der Waals surface area contributed by atoms with Gasteiger partial charge in [0, 0.05) is 17.2 Å². The van der Waals surface area contributed by atoms with Crippen LogP contribution in [0.25, 0.3) is 11.1 Å². The van der Waals surface area contributed by atoms with Crippen LogP contribution in [0.5, 0.6) is 17.2 Å². The highest BCUT2D eigenvalue weighted by atomic mass is 16.5. The highest BCUT2D eigenvalue weighted by Crippen LogP contribution is 2.57. The molecule has 3 aliphatic rings. The lowest BCUT2D eigenvalue weighted by atomic mass is 9.75. The Bertz CT molecular complexity index is 813. The van der Waals surface area contributed by atoms with Crippen molar-refractivity contribution in [1.82, 2.24) is 5.32 Å². The van der Waals surface area contributed by atoms with Crippen LogP contribution in [0.1, 0.15) is 28.3 Å². The van der Waals surface area contributed by atoms with Gasteiger partial charge in [0.2, 0.25) is 5.75 Å². The van der Waals surface area contributed by atoms with Crippen molar-refractivity contribution in [2.24, 2.45) is 0 Å². The fourth-order valence-corrected chi connectivity index (χ4v) is 4.28. The Morgan fingerprint density at radius 2 is 2.14 bits per heavy atom. The minimum atomic E-state index is 0.152.